The van der Waals surface area contributed by atoms with Crippen LogP contribution in [0.2, 0.25) is 5.02 Å². The van der Waals surface area contributed by atoms with Crippen LogP contribution in [-0.2, 0) is 4.74 Å². The zero-order chi connectivity index (χ0) is 28.4. The van der Waals surface area contributed by atoms with Gasteiger partial charge >= 0.3 is 5.76 Å². The number of morpholine rings is 1. The van der Waals surface area contributed by atoms with Gasteiger partial charge in [0.1, 0.15) is 11.4 Å². The van der Waals surface area contributed by atoms with Crippen molar-refractivity contribution in [3.63, 3.8) is 0 Å². The molecule has 0 spiro atoms. The summed E-state index contributed by atoms with van der Waals surface area (Å²) < 4.78 is 11.1. The molecule has 12 heteroatoms. The van der Waals surface area contributed by atoms with Gasteiger partial charge in [-0.05, 0) is 58.4 Å². The van der Waals surface area contributed by atoms with E-state index in [-0.39, 0.29) is 35.8 Å². The highest BCUT2D eigenvalue weighted by Gasteiger charge is 2.36. The highest BCUT2D eigenvalue weighted by atomic mass is 35.5. The van der Waals surface area contributed by atoms with Crippen molar-refractivity contribution in [1.82, 2.24) is 30.0 Å². The van der Waals surface area contributed by atoms with E-state index in [2.05, 4.69) is 56.7 Å². The molecule has 212 valence electrons. The lowest BCUT2D eigenvalue weighted by Gasteiger charge is -2.47. The minimum absolute atomic E-state index is 0.0534. The Hall–Kier alpha value is -3.46. The van der Waals surface area contributed by atoms with Crippen molar-refractivity contribution in [2.75, 3.05) is 30.3 Å². The first-order valence-electron chi connectivity index (χ1n) is 13.7. The van der Waals surface area contributed by atoms with Gasteiger partial charge in [0.2, 0.25) is 5.82 Å². The smallest absolute Gasteiger partial charge is 0.384 e. The molecule has 2 fully saturated rings. The molecule has 3 aromatic heterocycles. The quantitative estimate of drug-likeness (QED) is 0.406. The number of hydrogen-bond acceptors (Lipinski definition) is 10. The molecule has 4 heterocycles. The number of nitrogen functional groups attached to an aromatic ring is 1. The third kappa shape index (κ3) is 5.84. The summed E-state index contributed by atoms with van der Waals surface area (Å²) in [7, 11) is 0. The van der Waals surface area contributed by atoms with Crippen molar-refractivity contribution < 1.29 is 9.15 Å². The van der Waals surface area contributed by atoms with Crippen LogP contribution in [0.1, 0.15) is 46.5 Å². The second kappa shape index (κ2) is 12.0. The summed E-state index contributed by atoms with van der Waals surface area (Å²) >= 11 is 6.36. The van der Waals surface area contributed by atoms with Gasteiger partial charge in [0, 0.05) is 43.0 Å². The number of hydrogen-bond donors (Lipinski definition) is 2. The third-order valence-electron chi connectivity index (χ3n) is 8.21. The summed E-state index contributed by atoms with van der Waals surface area (Å²) in [5.41, 5.74) is 8.61. The molecule has 5 rings (SSSR count). The SMILES string of the molecule is C#CC1CCC(CN(c2c(N)nc(-c3n[nH]c(=O)o3)nc2-c2cncc(Cl)c2)C(C)N2CCOC(C)C2C)CC1. The number of aromatic amines is 1. The Morgan fingerprint density at radius 3 is 2.73 bits per heavy atom. The summed E-state index contributed by atoms with van der Waals surface area (Å²) in [5, 5.41) is 6.62. The van der Waals surface area contributed by atoms with Crippen LogP contribution in [0, 0.1) is 24.2 Å². The van der Waals surface area contributed by atoms with Crippen molar-refractivity contribution in [1.29, 1.82) is 0 Å². The molecule has 0 amide bonds. The molecule has 0 bridgehead atoms. The summed E-state index contributed by atoms with van der Waals surface area (Å²) in [6, 6.07) is 1.96. The van der Waals surface area contributed by atoms with Gasteiger partial charge in [0.15, 0.2) is 5.82 Å². The second-order valence-corrected chi connectivity index (χ2v) is 11.1. The van der Waals surface area contributed by atoms with Crippen LogP contribution in [0.5, 0.6) is 0 Å². The summed E-state index contributed by atoms with van der Waals surface area (Å²) in [4.78, 5) is 30.1. The number of nitrogens with zero attached hydrogens (tertiary/aromatic N) is 6. The minimum atomic E-state index is -0.708. The molecule has 0 radical (unpaired) electrons. The lowest BCUT2D eigenvalue weighted by molar-refractivity contribution is -0.0695. The number of terminal acetylenes is 1. The number of halogens is 1. The Morgan fingerprint density at radius 2 is 2.05 bits per heavy atom. The predicted octanol–water partition coefficient (Wildman–Crippen LogP) is 3.82. The van der Waals surface area contributed by atoms with Crippen LogP contribution < -0.4 is 16.4 Å². The van der Waals surface area contributed by atoms with Gasteiger partial charge in [-0.3, -0.25) is 9.88 Å². The van der Waals surface area contributed by atoms with Crippen molar-refractivity contribution in [2.24, 2.45) is 11.8 Å². The molecule has 3 aromatic rings. The maximum Gasteiger partial charge on any atom is 0.434 e. The fourth-order valence-corrected chi connectivity index (χ4v) is 5.98. The molecule has 0 aromatic carbocycles. The Kier molecular flexibility index (Phi) is 8.40. The van der Waals surface area contributed by atoms with Crippen LogP contribution in [0.25, 0.3) is 23.0 Å². The van der Waals surface area contributed by atoms with Crippen molar-refractivity contribution in [3.05, 3.63) is 34.0 Å². The maximum atomic E-state index is 11.7. The average Bonchev–Trinajstić information content (AvgIpc) is 3.39. The monoisotopic (exact) mass is 566 g/mol. The number of rotatable bonds is 7. The number of ether oxygens (including phenoxy) is 1. The van der Waals surface area contributed by atoms with E-state index in [1.54, 1.807) is 18.5 Å². The molecule has 3 unspecified atom stereocenters. The van der Waals surface area contributed by atoms with E-state index in [0.717, 1.165) is 38.8 Å². The first-order valence-corrected chi connectivity index (χ1v) is 14.1. The normalized spacial score (nSPS) is 24.4. The van der Waals surface area contributed by atoms with Gasteiger partial charge in [-0.25, -0.2) is 19.9 Å². The Bertz CT molecular complexity index is 1430. The Labute approximate surface area is 238 Å². The number of pyridine rings is 1. The fraction of sp³-hybridized carbons (Fsp3) is 0.536. The minimum Gasteiger partial charge on any atom is -0.384 e. The van der Waals surface area contributed by atoms with E-state index in [0.29, 0.717) is 40.4 Å². The van der Waals surface area contributed by atoms with E-state index in [1.165, 1.54) is 0 Å². The van der Waals surface area contributed by atoms with Gasteiger partial charge in [-0.1, -0.05) is 11.6 Å². The molecule has 11 nitrogen and oxygen atoms in total. The maximum absolute atomic E-state index is 11.7. The number of nitrogens with one attached hydrogen (secondary N) is 1. The number of H-pyrrole nitrogens is 1. The van der Waals surface area contributed by atoms with Crippen LogP contribution in [-0.4, -0.2) is 68.1 Å². The van der Waals surface area contributed by atoms with Crippen LogP contribution >= 0.6 is 11.6 Å². The fourth-order valence-electron chi connectivity index (χ4n) is 5.80. The lowest BCUT2D eigenvalue weighted by atomic mass is 9.82. The van der Waals surface area contributed by atoms with Gasteiger partial charge in [-0.2, -0.15) is 0 Å². The average molecular weight is 567 g/mol. The first-order chi connectivity index (χ1) is 19.2. The largest absolute Gasteiger partial charge is 0.434 e. The lowest BCUT2D eigenvalue weighted by Crippen LogP contribution is -2.58. The van der Waals surface area contributed by atoms with E-state index in [9.17, 15) is 4.79 Å². The van der Waals surface area contributed by atoms with Gasteiger partial charge in [0.25, 0.3) is 5.89 Å². The first kappa shape index (κ1) is 28.1. The van der Waals surface area contributed by atoms with Crippen LogP contribution in [0.3, 0.4) is 0 Å². The van der Waals surface area contributed by atoms with Crippen molar-refractivity contribution in [2.45, 2.75) is 64.8 Å². The molecular formula is C28H35ClN8O3. The molecule has 1 saturated heterocycles. The summed E-state index contributed by atoms with van der Waals surface area (Å²) in [6.45, 7) is 8.62. The predicted molar refractivity (Wildman–Crippen MR) is 153 cm³/mol. The van der Waals surface area contributed by atoms with E-state index < -0.39 is 5.76 Å². The second-order valence-electron chi connectivity index (χ2n) is 10.7. The van der Waals surface area contributed by atoms with E-state index >= 15 is 0 Å². The number of nitrogens with two attached hydrogens (primary N) is 1. The van der Waals surface area contributed by atoms with Crippen LogP contribution in [0.4, 0.5) is 11.5 Å². The van der Waals surface area contributed by atoms with E-state index in [1.807, 2.05) is 0 Å². The topological polar surface area (TPSA) is 139 Å². The number of aromatic nitrogens is 5. The highest BCUT2D eigenvalue weighted by Crippen LogP contribution is 2.39. The molecule has 2 aliphatic rings. The summed E-state index contributed by atoms with van der Waals surface area (Å²) in [5.74, 6) is 3.23. The van der Waals surface area contributed by atoms with Crippen molar-refractivity contribution >= 4 is 23.1 Å². The van der Waals surface area contributed by atoms with Crippen LogP contribution in [0.15, 0.2) is 27.7 Å². The number of anilines is 2. The molecule has 1 aliphatic heterocycles. The Balaban J connectivity index is 1.63. The van der Waals surface area contributed by atoms with Gasteiger partial charge < -0.3 is 19.8 Å². The third-order valence-corrected chi connectivity index (χ3v) is 8.41. The van der Waals surface area contributed by atoms with E-state index in [4.69, 9.17) is 37.9 Å². The molecule has 3 N–H and O–H groups in total. The zero-order valence-corrected chi connectivity index (χ0v) is 23.8. The highest BCUT2D eigenvalue weighted by molar-refractivity contribution is 6.30. The molecule has 1 saturated carbocycles. The molecule has 3 atom stereocenters. The zero-order valence-electron chi connectivity index (χ0n) is 23.0. The Morgan fingerprint density at radius 1 is 1.27 bits per heavy atom. The molecular weight excluding hydrogens is 532 g/mol. The molecule has 40 heavy (non-hydrogen) atoms. The standard InChI is InChI=1S/C28H35ClN8O3/c1-5-19-6-8-20(9-7-19)15-37(18(4)36-10-11-39-17(3)16(36)2)24-23(21-12-22(29)14-31-13-21)32-26(33-25(24)30)27-34-35-28(38)40-27/h1,12-14,16-20H,6-11,15H2,2-4H3,(H,35,38)(H2,30,32,33). The van der Waals surface area contributed by atoms with Crippen molar-refractivity contribution in [3.8, 4) is 35.3 Å². The van der Waals surface area contributed by atoms with Gasteiger partial charge in [0.05, 0.1) is 23.9 Å². The molecule has 1 aliphatic carbocycles. The summed E-state index contributed by atoms with van der Waals surface area (Å²) in [6.07, 6.45) is 13.1. The van der Waals surface area contributed by atoms with Gasteiger partial charge in [-0.15, -0.1) is 17.4 Å².